The Labute approximate surface area is 110 Å². The molecule has 1 aromatic carbocycles. The molecule has 0 amide bonds. The van der Waals surface area contributed by atoms with Crippen molar-refractivity contribution in [3.05, 3.63) is 49.2 Å². The van der Waals surface area contributed by atoms with E-state index in [4.69, 9.17) is 16.0 Å². The van der Waals surface area contributed by atoms with E-state index in [1.807, 2.05) is 0 Å². The predicted octanol–water partition coefficient (Wildman–Crippen LogP) is 4.11. The van der Waals surface area contributed by atoms with E-state index in [1.54, 1.807) is 12.1 Å². The van der Waals surface area contributed by atoms with E-state index in [-0.39, 0.29) is 5.69 Å². The molecule has 4 nitrogen and oxygen atoms in total. The lowest BCUT2D eigenvalue weighted by Crippen LogP contribution is -1.87. The Kier molecular flexibility index (Phi) is 3.15. The molecule has 1 heterocycles. The summed E-state index contributed by atoms with van der Waals surface area (Å²) in [6, 6.07) is 6.13. The van der Waals surface area contributed by atoms with Gasteiger partial charge in [0.15, 0.2) is 0 Å². The van der Waals surface area contributed by atoms with Crippen LogP contribution in [-0.4, -0.2) is 4.92 Å². The summed E-state index contributed by atoms with van der Waals surface area (Å²) in [7, 11) is 0. The lowest BCUT2D eigenvalue weighted by atomic mass is 10.1. The van der Waals surface area contributed by atoms with Gasteiger partial charge in [-0.1, -0.05) is 11.6 Å². The van der Waals surface area contributed by atoms with Crippen molar-refractivity contribution in [2.45, 2.75) is 0 Å². The van der Waals surface area contributed by atoms with E-state index in [0.29, 0.717) is 10.8 Å². The number of rotatable bonds is 2. The molecule has 0 saturated heterocycles. The first kappa shape index (κ1) is 11.4. The smallest absolute Gasteiger partial charge is 0.269 e. The molecule has 0 unspecified atom stereocenters. The third-order valence-electron chi connectivity index (χ3n) is 2.03. The minimum Gasteiger partial charge on any atom is -0.462 e. The maximum Gasteiger partial charge on any atom is 0.269 e. The zero-order valence-corrected chi connectivity index (χ0v) is 10.7. The van der Waals surface area contributed by atoms with Crippen LogP contribution < -0.4 is 0 Å². The van der Waals surface area contributed by atoms with E-state index in [9.17, 15) is 10.1 Å². The number of benzene rings is 1. The van der Waals surface area contributed by atoms with Gasteiger partial charge in [0.1, 0.15) is 12.0 Å². The van der Waals surface area contributed by atoms with Gasteiger partial charge in [-0.25, -0.2) is 0 Å². The molecule has 0 aliphatic carbocycles. The van der Waals surface area contributed by atoms with Crippen molar-refractivity contribution in [3.63, 3.8) is 0 Å². The second kappa shape index (κ2) is 4.42. The lowest BCUT2D eigenvalue weighted by molar-refractivity contribution is -0.384. The van der Waals surface area contributed by atoms with E-state index in [1.165, 1.54) is 18.4 Å². The van der Waals surface area contributed by atoms with Gasteiger partial charge >= 0.3 is 0 Å². The molecule has 0 atom stereocenters. The van der Waals surface area contributed by atoms with Gasteiger partial charge in [0.25, 0.3) is 5.69 Å². The third kappa shape index (κ3) is 2.05. The summed E-state index contributed by atoms with van der Waals surface area (Å²) in [5, 5.41) is 11.0. The molecule has 6 heteroatoms. The highest BCUT2D eigenvalue weighted by Gasteiger charge is 2.12. The fourth-order valence-corrected chi connectivity index (χ4v) is 1.95. The van der Waals surface area contributed by atoms with E-state index < -0.39 is 4.92 Å². The molecule has 0 N–H and O–H groups in total. The Morgan fingerprint density at radius 1 is 1.31 bits per heavy atom. The zero-order chi connectivity index (χ0) is 11.7. The Hall–Kier alpha value is -1.08. The van der Waals surface area contributed by atoms with Crippen LogP contribution in [0.5, 0.6) is 0 Å². The average Bonchev–Trinajstić information content (AvgIpc) is 2.60. The van der Waals surface area contributed by atoms with Crippen molar-refractivity contribution in [2.75, 3.05) is 0 Å². The minimum atomic E-state index is -0.441. The molecule has 2 rings (SSSR count). The van der Waals surface area contributed by atoms with Crippen LogP contribution in [0.1, 0.15) is 0 Å². The quantitative estimate of drug-likeness (QED) is 0.466. The minimum absolute atomic E-state index is 0.0522. The standard InChI is InChI=1S/C10H5ClINO3/c11-8-5-16-10(9(8)12)6-1-3-7(4-2-6)13(14)15/h1-5H. The third-order valence-corrected chi connectivity index (χ3v) is 3.70. The van der Waals surface area contributed by atoms with Crippen molar-refractivity contribution in [3.8, 4) is 11.3 Å². The van der Waals surface area contributed by atoms with Crippen LogP contribution in [0.4, 0.5) is 5.69 Å². The molecule has 0 radical (unpaired) electrons. The van der Waals surface area contributed by atoms with Crippen molar-refractivity contribution >= 4 is 39.9 Å². The average molecular weight is 350 g/mol. The number of non-ortho nitro benzene ring substituents is 1. The van der Waals surface area contributed by atoms with Gasteiger partial charge in [0.2, 0.25) is 0 Å². The van der Waals surface area contributed by atoms with Crippen molar-refractivity contribution in [1.29, 1.82) is 0 Å². The number of nitrogens with zero attached hydrogens (tertiary/aromatic N) is 1. The van der Waals surface area contributed by atoms with Crippen LogP contribution in [0.3, 0.4) is 0 Å². The summed E-state index contributed by atoms with van der Waals surface area (Å²) in [5.41, 5.74) is 0.818. The van der Waals surface area contributed by atoms with E-state index >= 15 is 0 Å². The summed E-state index contributed by atoms with van der Waals surface area (Å²) in [5.74, 6) is 0.625. The topological polar surface area (TPSA) is 56.3 Å². The zero-order valence-electron chi connectivity index (χ0n) is 7.81. The fraction of sp³-hybridized carbons (Fsp3) is 0. The van der Waals surface area contributed by atoms with Gasteiger partial charge in [-0.15, -0.1) is 0 Å². The summed E-state index contributed by atoms with van der Waals surface area (Å²) in [6.45, 7) is 0. The SMILES string of the molecule is O=[N+]([O-])c1ccc(-c2occ(Cl)c2I)cc1. The van der Waals surface area contributed by atoms with Gasteiger partial charge < -0.3 is 4.42 Å². The molecule has 0 aliphatic heterocycles. The normalized spacial score (nSPS) is 10.4. The molecular weight excluding hydrogens is 344 g/mol. The monoisotopic (exact) mass is 349 g/mol. The van der Waals surface area contributed by atoms with Crippen LogP contribution in [0.15, 0.2) is 34.9 Å². The van der Waals surface area contributed by atoms with Crippen LogP contribution in [-0.2, 0) is 0 Å². The molecule has 0 aliphatic rings. The maximum atomic E-state index is 10.5. The first-order valence-corrected chi connectivity index (χ1v) is 5.72. The molecule has 2 aromatic rings. The first-order valence-electron chi connectivity index (χ1n) is 4.27. The van der Waals surface area contributed by atoms with Crippen molar-refractivity contribution < 1.29 is 9.34 Å². The van der Waals surface area contributed by atoms with Gasteiger partial charge in [0, 0.05) is 17.7 Å². The lowest BCUT2D eigenvalue weighted by Gasteiger charge is -1.97. The molecule has 0 fully saturated rings. The second-order valence-corrected chi connectivity index (χ2v) is 4.52. The van der Waals surface area contributed by atoms with Gasteiger partial charge in [-0.05, 0) is 34.7 Å². The Morgan fingerprint density at radius 2 is 1.94 bits per heavy atom. The molecule has 1 aromatic heterocycles. The van der Waals surface area contributed by atoms with Crippen LogP contribution in [0.2, 0.25) is 5.02 Å². The number of furan rings is 1. The maximum absolute atomic E-state index is 10.5. The largest absolute Gasteiger partial charge is 0.462 e. The summed E-state index contributed by atoms with van der Waals surface area (Å²) >= 11 is 7.92. The summed E-state index contributed by atoms with van der Waals surface area (Å²) < 4.78 is 6.07. The molecule has 0 bridgehead atoms. The molecule has 0 spiro atoms. The highest BCUT2D eigenvalue weighted by atomic mass is 127. The second-order valence-electron chi connectivity index (χ2n) is 3.03. The van der Waals surface area contributed by atoms with Gasteiger partial charge in [-0.3, -0.25) is 10.1 Å². The van der Waals surface area contributed by atoms with Crippen LogP contribution in [0.25, 0.3) is 11.3 Å². The molecule has 16 heavy (non-hydrogen) atoms. The highest BCUT2D eigenvalue weighted by Crippen LogP contribution is 2.32. The van der Waals surface area contributed by atoms with Crippen molar-refractivity contribution in [1.82, 2.24) is 0 Å². The van der Waals surface area contributed by atoms with Gasteiger partial charge in [-0.2, -0.15) is 0 Å². The number of nitro groups is 1. The van der Waals surface area contributed by atoms with Crippen LogP contribution in [0, 0.1) is 13.7 Å². The summed E-state index contributed by atoms with van der Waals surface area (Å²) in [4.78, 5) is 10.0. The number of hydrogen-bond donors (Lipinski definition) is 0. The van der Waals surface area contributed by atoms with E-state index in [0.717, 1.165) is 9.13 Å². The molecule has 82 valence electrons. The predicted molar refractivity (Wildman–Crippen MR) is 68.5 cm³/mol. The Balaban J connectivity index is 2.42. The number of hydrogen-bond acceptors (Lipinski definition) is 3. The Bertz CT molecular complexity index is 535. The highest BCUT2D eigenvalue weighted by molar-refractivity contribution is 14.1. The van der Waals surface area contributed by atoms with E-state index in [2.05, 4.69) is 22.6 Å². The summed E-state index contributed by atoms with van der Waals surface area (Å²) in [6.07, 6.45) is 1.44. The molecule has 0 saturated carbocycles. The fourth-order valence-electron chi connectivity index (χ4n) is 1.25. The van der Waals surface area contributed by atoms with Gasteiger partial charge in [0.05, 0.1) is 13.5 Å². The first-order chi connectivity index (χ1) is 7.59. The number of nitro benzene ring substituents is 1. The van der Waals surface area contributed by atoms with Crippen molar-refractivity contribution in [2.24, 2.45) is 0 Å². The van der Waals surface area contributed by atoms with Crippen LogP contribution >= 0.6 is 34.2 Å². The Morgan fingerprint density at radius 3 is 2.38 bits per heavy atom. The molecular formula is C10H5ClINO3. The number of halogens is 2.